The van der Waals surface area contributed by atoms with Crippen LogP contribution in [0.3, 0.4) is 0 Å². The van der Waals surface area contributed by atoms with Crippen molar-refractivity contribution < 1.29 is 0 Å². The maximum absolute atomic E-state index is 6.04. The Hall–Kier alpha value is -0.380. The van der Waals surface area contributed by atoms with Gasteiger partial charge in [0.25, 0.3) is 0 Å². The van der Waals surface area contributed by atoms with Crippen molar-refractivity contribution in [2.45, 2.75) is 24.4 Å². The minimum atomic E-state index is -0.131. The van der Waals surface area contributed by atoms with E-state index in [-0.39, 0.29) is 11.6 Å². The van der Waals surface area contributed by atoms with Crippen LogP contribution in [0.25, 0.3) is 0 Å². The molecule has 1 aliphatic carbocycles. The Kier molecular flexibility index (Phi) is 2.18. The SMILES string of the molecule is NC(c1ccc(Br)cc1)C1(N)CC1. The summed E-state index contributed by atoms with van der Waals surface area (Å²) in [6.45, 7) is 0. The lowest BCUT2D eigenvalue weighted by molar-refractivity contribution is 0.536. The predicted molar refractivity (Wildman–Crippen MR) is 57.2 cm³/mol. The van der Waals surface area contributed by atoms with E-state index in [0.29, 0.717) is 0 Å². The number of hydrogen-bond donors (Lipinski definition) is 2. The van der Waals surface area contributed by atoms with Gasteiger partial charge in [0.05, 0.1) is 0 Å². The van der Waals surface area contributed by atoms with Crippen LogP contribution in [0.2, 0.25) is 0 Å². The van der Waals surface area contributed by atoms with Gasteiger partial charge in [0.1, 0.15) is 0 Å². The van der Waals surface area contributed by atoms with Crippen molar-refractivity contribution in [3.05, 3.63) is 34.3 Å². The molecule has 1 aliphatic rings. The molecule has 1 aromatic carbocycles. The zero-order valence-corrected chi connectivity index (χ0v) is 8.92. The van der Waals surface area contributed by atoms with Crippen molar-refractivity contribution in [1.82, 2.24) is 0 Å². The first-order valence-electron chi connectivity index (χ1n) is 4.42. The molecular formula is C10H13BrN2. The summed E-state index contributed by atoms with van der Waals surface area (Å²) in [7, 11) is 0. The van der Waals surface area contributed by atoms with Gasteiger partial charge in [-0.1, -0.05) is 28.1 Å². The van der Waals surface area contributed by atoms with E-state index in [9.17, 15) is 0 Å². The highest BCUT2D eigenvalue weighted by Gasteiger charge is 2.44. The summed E-state index contributed by atoms with van der Waals surface area (Å²) in [5.41, 5.74) is 13.1. The summed E-state index contributed by atoms with van der Waals surface area (Å²) in [6.07, 6.45) is 2.09. The van der Waals surface area contributed by atoms with E-state index >= 15 is 0 Å². The molecule has 70 valence electrons. The van der Waals surface area contributed by atoms with E-state index in [1.54, 1.807) is 0 Å². The van der Waals surface area contributed by atoms with Gasteiger partial charge in [0.2, 0.25) is 0 Å². The molecule has 0 aromatic heterocycles. The van der Waals surface area contributed by atoms with E-state index in [1.165, 1.54) is 0 Å². The molecule has 0 radical (unpaired) electrons. The Morgan fingerprint density at radius 1 is 1.23 bits per heavy atom. The van der Waals surface area contributed by atoms with Crippen LogP contribution in [-0.2, 0) is 0 Å². The third kappa shape index (κ3) is 1.77. The fourth-order valence-electron chi connectivity index (χ4n) is 1.46. The molecule has 1 unspecified atom stereocenters. The van der Waals surface area contributed by atoms with E-state index in [2.05, 4.69) is 15.9 Å². The second-order valence-corrected chi connectivity index (χ2v) is 4.68. The van der Waals surface area contributed by atoms with Crippen molar-refractivity contribution in [2.75, 3.05) is 0 Å². The molecule has 1 aromatic rings. The van der Waals surface area contributed by atoms with Crippen molar-refractivity contribution >= 4 is 15.9 Å². The number of nitrogens with two attached hydrogens (primary N) is 2. The Labute approximate surface area is 86.4 Å². The molecule has 1 fully saturated rings. The molecular weight excluding hydrogens is 228 g/mol. The van der Waals surface area contributed by atoms with E-state index in [0.717, 1.165) is 22.9 Å². The molecule has 1 saturated carbocycles. The van der Waals surface area contributed by atoms with Crippen LogP contribution >= 0.6 is 15.9 Å². The molecule has 0 bridgehead atoms. The quantitative estimate of drug-likeness (QED) is 0.831. The highest BCUT2D eigenvalue weighted by atomic mass is 79.9. The Bertz CT molecular complexity index is 303. The molecule has 0 spiro atoms. The smallest absolute Gasteiger partial charge is 0.0477 e. The van der Waals surface area contributed by atoms with E-state index in [4.69, 9.17) is 11.5 Å². The first-order valence-corrected chi connectivity index (χ1v) is 5.21. The lowest BCUT2D eigenvalue weighted by Gasteiger charge is -2.18. The Morgan fingerprint density at radius 3 is 2.23 bits per heavy atom. The molecule has 1 atom stereocenters. The molecule has 0 saturated heterocycles. The maximum atomic E-state index is 6.04. The van der Waals surface area contributed by atoms with Crippen LogP contribution in [0.15, 0.2) is 28.7 Å². The highest BCUT2D eigenvalue weighted by molar-refractivity contribution is 9.10. The molecule has 0 heterocycles. The largest absolute Gasteiger partial charge is 0.323 e. The van der Waals surface area contributed by atoms with Crippen LogP contribution in [-0.4, -0.2) is 5.54 Å². The van der Waals surface area contributed by atoms with Gasteiger partial charge in [-0.2, -0.15) is 0 Å². The van der Waals surface area contributed by atoms with Gasteiger partial charge in [0, 0.05) is 16.1 Å². The van der Waals surface area contributed by atoms with Gasteiger partial charge >= 0.3 is 0 Å². The van der Waals surface area contributed by atoms with Gasteiger partial charge in [-0.25, -0.2) is 0 Å². The topological polar surface area (TPSA) is 52.0 Å². The molecule has 2 rings (SSSR count). The van der Waals surface area contributed by atoms with Crippen molar-refractivity contribution in [2.24, 2.45) is 11.5 Å². The van der Waals surface area contributed by atoms with Gasteiger partial charge in [-0.3, -0.25) is 0 Å². The van der Waals surface area contributed by atoms with E-state index in [1.807, 2.05) is 24.3 Å². The van der Waals surface area contributed by atoms with Crippen LogP contribution in [0.5, 0.6) is 0 Å². The monoisotopic (exact) mass is 240 g/mol. The van der Waals surface area contributed by atoms with Crippen molar-refractivity contribution in [3.8, 4) is 0 Å². The summed E-state index contributed by atoms with van der Waals surface area (Å²) in [5.74, 6) is 0. The summed E-state index contributed by atoms with van der Waals surface area (Å²) in [4.78, 5) is 0. The first kappa shape index (κ1) is 9.19. The number of benzene rings is 1. The minimum Gasteiger partial charge on any atom is -0.323 e. The third-order valence-corrected chi connectivity index (χ3v) is 3.20. The average Bonchev–Trinajstić information content (AvgIpc) is 2.85. The van der Waals surface area contributed by atoms with Crippen LogP contribution in [0.4, 0.5) is 0 Å². The van der Waals surface area contributed by atoms with Crippen molar-refractivity contribution in [1.29, 1.82) is 0 Å². The fourth-order valence-corrected chi connectivity index (χ4v) is 1.72. The Balaban J connectivity index is 2.20. The first-order chi connectivity index (χ1) is 6.12. The minimum absolute atomic E-state index is 0.0133. The second-order valence-electron chi connectivity index (χ2n) is 3.76. The zero-order valence-electron chi connectivity index (χ0n) is 7.33. The number of rotatable bonds is 2. The van der Waals surface area contributed by atoms with Gasteiger partial charge in [-0.15, -0.1) is 0 Å². The van der Waals surface area contributed by atoms with Gasteiger partial charge in [0.15, 0.2) is 0 Å². The molecule has 0 aliphatic heterocycles. The lowest BCUT2D eigenvalue weighted by atomic mass is 9.99. The van der Waals surface area contributed by atoms with Gasteiger partial charge < -0.3 is 11.5 Å². The van der Waals surface area contributed by atoms with Crippen LogP contribution < -0.4 is 11.5 Å². The fraction of sp³-hybridized carbons (Fsp3) is 0.400. The van der Waals surface area contributed by atoms with Crippen LogP contribution in [0, 0.1) is 0 Å². The van der Waals surface area contributed by atoms with E-state index < -0.39 is 0 Å². The molecule has 0 amide bonds. The number of hydrogen-bond acceptors (Lipinski definition) is 2. The highest BCUT2D eigenvalue weighted by Crippen LogP contribution is 2.42. The second kappa shape index (κ2) is 3.08. The van der Waals surface area contributed by atoms with Crippen molar-refractivity contribution in [3.63, 3.8) is 0 Å². The summed E-state index contributed by atoms with van der Waals surface area (Å²) in [6, 6.07) is 8.05. The summed E-state index contributed by atoms with van der Waals surface area (Å²) < 4.78 is 1.07. The molecule has 4 N–H and O–H groups in total. The van der Waals surface area contributed by atoms with Crippen LogP contribution in [0.1, 0.15) is 24.4 Å². The zero-order chi connectivity index (χ0) is 9.47. The lowest BCUT2D eigenvalue weighted by Crippen LogP contribution is -2.36. The van der Waals surface area contributed by atoms with Gasteiger partial charge in [-0.05, 0) is 30.5 Å². The molecule has 3 heteroatoms. The molecule has 13 heavy (non-hydrogen) atoms. The normalized spacial score (nSPS) is 21.2. The Morgan fingerprint density at radius 2 is 1.77 bits per heavy atom. The summed E-state index contributed by atoms with van der Waals surface area (Å²) in [5, 5.41) is 0. The standard InChI is InChI=1S/C10H13BrN2/c11-8-3-1-7(2-4-8)9(12)10(13)5-6-10/h1-4,9H,5-6,12-13H2. The maximum Gasteiger partial charge on any atom is 0.0477 e. The summed E-state index contributed by atoms with van der Waals surface area (Å²) >= 11 is 3.39. The average molecular weight is 241 g/mol. The number of halogens is 1. The third-order valence-electron chi connectivity index (χ3n) is 2.68. The molecule has 2 nitrogen and oxygen atoms in total. The predicted octanol–water partition coefficient (Wildman–Crippen LogP) is 1.94.